The summed E-state index contributed by atoms with van der Waals surface area (Å²) >= 11 is 0. The van der Waals surface area contributed by atoms with E-state index in [1.807, 2.05) is 13.8 Å². The van der Waals surface area contributed by atoms with E-state index >= 15 is 0 Å². The highest BCUT2D eigenvalue weighted by Gasteiger charge is 2.72. The van der Waals surface area contributed by atoms with Crippen molar-refractivity contribution in [3.05, 3.63) is 0 Å². The third-order valence-electron chi connectivity index (χ3n) is 3.93. The number of hydrogen-bond acceptors (Lipinski definition) is 4. The lowest BCUT2D eigenvalue weighted by molar-refractivity contribution is -0.236. The van der Waals surface area contributed by atoms with Gasteiger partial charge in [0.15, 0.2) is 0 Å². The van der Waals surface area contributed by atoms with Crippen molar-refractivity contribution < 1.29 is 19.1 Å². The minimum Gasteiger partial charge on any atom is -0.469 e. The summed E-state index contributed by atoms with van der Waals surface area (Å²) in [5.41, 5.74) is -1.12. The number of carbonyl (C=O) groups is 2. The molecule has 4 nitrogen and oxygen atoms in total. The molecule has 0 N–H and O–H groups in total. The molecule has 1 unspecified atom stereocenters. The summed E-state index contributed by atoms with van der Waals surface area (Å²) in [6, 6.07) is 0. The molecule has 2 fully saturated rings. The molecule has 0 aromatic carbocycles. The van der Waals surface area contributed by atoms with E-state index in [0.29, 0.717) is 12.8 Å². The number of carbonyl (C=O) groups excluding carboxylic acids is 2. The van der Waals surface area contributed by atoms with Gasteiger partial charge in [-0.3, -0.25) is 9.59 Å². The molecule has 2 rings (SSSR count). The van der Waals surface area contributed by atoms with Gasteiger partial charge in [-0.15, -0.1) is 0 Å². The lowest BCUT2D eigenvalue weighted by atomic mass is 9.69. The summed E-state index contributed by atoms with van der Waals surface area (Å²) in [5, 5.41) is 0. The second-order valence-electron chi connectivity index (χ2n) is 4.44. The zero-order valence-electron chi connectivity index (χ0n) is 8.62. The van der Waals surface area contributed by atoms with E-state index < -0.39 is 11.0 Å². The van der Waals surface area contributed by atoms with Crippen LogP contribution in [0.25, 0.3) is 0 Å². The summed E-state index contributed by atoms with van der Waals surface area (Å²) in [6.45, 7) is 3.69. The van der Waals surface area contributed by atoms with Crippen LogP contribution in [0.15, 0.2) is 0 Å². The molecule has 0 bridgehead atoms. The zero-order chi connectivity index (χ0) is 10.6. The monoisotopic (exact) mass is 198 g/mol. The number of rotatable bonds is 1. The predicted molar refractivity (Wildman–Crippen MR) is 47.3 cm³/mol. The van der Waals surface area contributed by atoms with Crippen LogP contribution in [-0.4, -0.2) is 24.6 Å². The van der Waals surface area contributed by atoms with Gasteiger partial charge < -0.3 is 9.47 Å². The highest BCUT2D eigenvalue weighted by atomic mass is 16.6. The number of fused-ring (bicyclic) bond motifs is 1. The van der Waals surface area contributed by atoms with Crippen LogP contribution in [0, 0.1) is 11.3 Å². The van der Waals surface area contributed by atoms with Gasteiger partial charge in [0.05, 0.1) is 13.0 Å². The van der Waals surface area contributed by atoms with Gasteiger partial charge in [-0.05, 0) is 26.7 Å². The molecule has 1 aliphatic carbocycles. The van der Waals surface area contributed by atoms with Crippen molar-refractivity contribution >= 4 is 11.9 Å². The second kappa shape index (κ2) is 2.49. The van der Waals surface area contributed by atoms with Crippen molar-refractivity contribution in [3.63, 3.8) is 0 Å². The third kappa shape index (κ3) is 0.792. The highest BCUT2D eigenvalue weighted by Crippen LogP contribution is 2.59. The molecule has 0 spiro atoms. The average Bonchev–Trinajstić information content (AvgIpc) is 2.36. The molecule has 0 aromatic heterocycles. The van der Waals surface area contributed by atoms with Gasteiger partial charge >= 0.3 is 11.9 Å². The summed E-state index contributed by atoms with van der Waals surface area (Å²) < 4.78 is 9.85. The lowest BCUT2D eigenvalue weighted by Gasteiger charge is -2.50. The van der Waals surface area contributed by atoms with Crippen molar-refractivity contribution in [3.8, 4) is 0 Å². The molecular weight excluding hydrogens is 184 g/mol. The van der Waals surface area contributed by atoms with Gasteiger partial charge in [0.2, 0.25) is 0 Å². The van der Waals surface area contributed by atoms with E-state index in [1.54, 1.807) is 0 Å². The molecule has 1 saturated heterocycles. The first-order valence-electron chi connectivity index (χ1n) is 4.77. The Morgan fingerprint density at radius 2 is 2.21 bits per heavy atom. The van der Waals surface area contributed by atoms with Crippen molar-refractivity contribution in [2.75, 3.05) is 7.11 Å². The van der Waals surface area contributed by atoms with Crippen LogP contribution >= 0.6 is 0 Å². The first-order valence-corrected chi connectivity index (χ1v) is 4.77. The van der Waals surface area contributed by atoms with E-state index in [-0.39, 0.29) is 17.9 Å². The van der Waals surface area contributed by atoms with Crippen LogP contribution in [0.2, 0.25) is 0 Å². The number of hydrogen-bond donors (Lipinski definition) is 0. The Labute approximate surface area is 82.6 Å². The van der Waals surface area contributed by atoms with E-state index in [2.05, 4.69) is 0 Å². The summed E-state index contributed by atoms with van der Waals surface area (Å²) in [7, 11) is 1.36. The molecule has 0 radical (unpaired) electrons. The quantitative estimate of drug-likeness (QED) is 0.587. The average molecular weight is 198 g/mol. The Bertz CT molecular complexity index is 311. The SMILES string of the molecule is COC(=O)[C@@H]1CC[C@]2(C)C(=O)OC12C. The Balaban J connectivity index is 2.28. The summed E-state index contributed by atoms with van der Waals surface area (Å²) in [6.07, 6.45) is 1.38. The Hall–Kier alpha value is -1.06. The van der Waals surface area contributed by atoms with Crippen LogP contribution in [-0.2, 0) is 19.1 Å². The number of ether oxygens (including phenoxy) is 2. The standard InChI is InChI=1S/C10H14O4/c1-9-5-4-6(7(11)13-3)10(9,2)14-8(9)12/h6H,4-5H2,1-3H3/t6-,9+,10?/m0/s1. The van der Waals surface area contributed by atoms with Crippen LogP contribution in [0.3, 0.4) is 0 Å². The third-order valence-corrected chi connectivity index (χ3v) is 3.93. The van der Waals surface area contributed by atoms with Crippen molar-refractivity contribution in [2.45, 2.75) is 32.3 Å². The molecule has 3 atom stereocenters. The van der Waals surface area contributed by atoms with Crippen LogP contribution in [0.4, 0.5) is 0 Å². The van der Waals surface area contributed by atoms with Crippen LogP contribution in [0.1, 0.15) is 26.7 Å². The maximum Gasteiger partial charge on any atom is 0.316 e. The predicted octanol–water partition coefficient (Wildman–Crippen LogP) is 0.891. The number of methoxy groups -OCH3 is 1. The number of esters is 2. The molecule has 1 heterocycles. The Morgan fingerprint density at radius 3 is 2.64 bits per heavy atom. The van der Waals surface area contributed by atoms with Crippen LogP contribution in [0.5, 0.6) is 0 Å². The second-order valence-corrected chi connectivity index (χ2v) is 4.44. The highest BCUT2D eigenvalue weighted by molar-refractivity contribution is 5.89. The van der Waals surface area contributed by atoms with E-state index in [1.165, 1.54) is 7.11 Å². The van der Waals surface area contributed by atoms with Gasteiger partial charge in [-0.1, -0.05) is 0 Å². The van der Waals surface area contributed by atoms with Crippen LogP contribution < -0.4 is 0 Å². The lowest BCUT2D eigenvalue weighted by Crippen LogP contribution is -2.64. The molecule has 14 heavy (non-hydrogen) atoms. The van der Waals surface area contributed by atoms with Crippen molar-refractivity contribution in [2.24, 2.45) is 11.3 Å². The molecular formula is C10H14O4. The molecule has 1 saturated carbocycles. The maximum atomic E-state index is 11.4. The largest absolute Gasteiger partial charge is 0.469 e. The topological polar surface area (TPSA) is 52.6 Å². The fourth-order valence-electron chi connectivity index (χ4n) is 2.57. The fourth-order valence-corrected chi connectivity index (χ4v) is 2.57. The summed E-state index contributed by atoms with van der Waals surface area (Å²) in [5.74, 6) is -0.759. The van der Waals surface area contributed by atoms with E-state index in [4.69, 9.17) is 9.47 Å². The van der Waals surface area contributed by atoms with Gasteiger partial charge in [0, 0.05) is 0 Å². The molecule has 78 valence electrons. The van der Waals surface area contributed by atoms with E-state index in [9.17, 15) is 9.59 Å². The Kier molecular flexibility index (Phi) is 1.69. The van der Waals surface area contributed by atoms with E-state index in [0.717, 1.165) is 0 Å². The molecule has 4 heteroatoms. The smallest absolute Gasteiger partial charge is 0.316 e. The minimum atomic E-state index is -0.642. The minimum absolute atomic E-state index is 0.189. The maximum absolute atomic E-state index is 11.4. The molecule has 0 aromatic rings. The molecule has 0 amide bonds. The summed E-state index contributed by atoms with van der Waals surface area (Å²) in [4.78, 5) is 22.8. The van der Waals surface area contributed by atoms with Gasteiger partial charge in [0.25, 0.3) is 0 Å². The van der Waals surface area contributed by atoms with Crippen molar-refractivity contribution in [1.82, 2.24) is 0 Å². The molecule has 2 aliphatic rings. The van der Waals surface area contributed by atoms with Gasteiger partial charge in [-0.2, -0.15) is 0 Å². The normalized spacial score (nSPS) is 45.1. The van der Waals surface area contributed by atoms with Gasteiger partial charge in [-0.25, -0.2) is 0 Å². The fraction of sp³-hybridized carbons (Fsp3) is 0.800. The first kappa shape index (κ1) is 9.49. The van der Waals surface area contributed by atoms with Crippen molar-refractivity contribution in [1.29, 1.82) is 0 Å². The van der Waals surface area contributed by atoms with Gasteiger partial charge in [0.1, 0.15) is 11.0 Å². The first-order chi connectivity index (χ1) is 6.45. The molecule has 1 aliphatic heterocycles. The Morgan fingerprint density at radius 1 is 1.57 bits per heavy atom. The zero-order valence-corrected chi connectivity index (χ0v) is 8.62.